The van der Waals surface area contributed by atoms with E-state index in [2.05, 4.69) is 47.9 Å². The predicted octanol–water partition coefficient (Wildman–Crippen LogP) is 3.39. The van der Waals surface area contributed by atoms with E-state index in [1.807, 2.05) is 6.07 Å². The first-order valence-corrected chi connectivity index (χ1v) is 8.27. The van der Waals surface area contributed by atoms with Crippen LogP contribution in [-0.4, -0.2) is 51.3 Å². The van der Waals surface area contributed by atoms with E-state index in [9.17, 15) is 0 Å². The van der Waals surface area contributed by atoms with E-state index < -0.39 is 0 Å². The zero-order chi connectivity index (χ0) is 16.4. The van der Waals surface area contributed by atoms with E-state index in [0.29, 0.717) is 6.04 Å². The molecule has 4 heteroatoms. The summed E-state index contributed by atoms with van der Waals surface area (Å²) >= 11 is 0. The van der Waals surface area contributed by atoms with Gasteiger partial charge >= 0.3 is 0 Å². The topological polar surface area (TPSA) is 24.9 Å². The van der Waals surface area contributed by atoms with Gasteiger partial charge in [0.2, 0.25) is 0 Å². The lowest BCUT2D eigenvalue weighted by Crippen LogP contribution is -2.48. The molecule has 0 radical (unpaired) electrons. The maximum Gasteiger partial charge on any atom is 0.161 e. The number of rotatable bonds is 4. The smallest absolute Gasteiger partial charge is 0.161 e. The van der Waals surface area contributed by atoms with Crippen LogP contribution in [0.15, 0.2) is 30.3 Å². The SMILES string of the molecule is COc1cc2ccc(N3CCN(C(C)C)CC3)cc2cc1OC. The largest absolute Gasteiger partial charge is 0.493 e. The number of piperazine rings is 1. The van der Waals surface area contributed by atoms with Crippen LogP contribution in [0, 0.1) is 0 Å². The summed E-state index contributed by atoms with van der Waals surface area (Å²) in [5.74, 6) is 1.56. The maximum atomic E-state index is 5.42. The highest BCUT2D eigenvalue weighted by Gasteiger charge is 2.19. The molecule has 1 aliphatic heterocycles. The summed E-state index contributed by atoms with van der Waals surface area (Å²) in [5, 5.41) is 2.36. The number of fused-ring (bicyclic) bond motifs is 1. The molecule has 0 amide bonds. The van der Waals surface area contributed by atoms with Crippen LogP contribution in [0.3, 0.4) is 0 Å². The second-order valence-electron chi connectivity index (χ2n) is 6.36. The van der Waals surface area contributed by atoms with Crippen LogP contribution in [0.25, 0.3) is 10.8 Å². The van der Waals surface area contributed by atoms with Gasteiger partial charge in [0.15, 0.2) is 11.5 Å². The molecule has 3 rings (SSSR count). The fourth-order valence-electron chi connectivity index (χ4n) is 3.26. The lowest BCUT2D eigenvalue weighted by atomic mass is 10.1. The normalized spacial score (nSPS) is 16.1. The standard InChI is InChI=1S/C19H26N2O2/c1-14(2)20-7-9-21(10-8-20)17-6-5-15-12-18(22-3)19(23-4)13-16(15)11-17/h5-6,11-14H,7-10H2,1-4H3. The molecule has 1 fully saturated rings. The molecular formula is C19H26N2O2. The average Bonchev–Trinajstić information content (AvgIpc) is 2.60. The second kappa shape index (κ2) is 6.67. The number of ether oxygens (including phenoxy) is 2. The molecule has 1 aliphatic rings. The monoisotopic (exact) mass is 314 g/mol. The highest BCUT2D eigenvalue weighted by Crippen LogP contribution is 2.34. The van der Waals surface area contributed by atoms with Crippen LogP contribution in [-0.2, 0) is 0 Å². The van der Waals surface area contributed by atoms with Gasteiger partial charge in [-0.1, -0.05) is 6.07 Å². The van der Waals surface area contributed by atoms with Crippen LogP contribution in [0.4, 0.5) is 5.69 Å². The van der Waals surface area contributed by atoms with Gasteiger partial charge in [-0.3, -0.25) is 4.90 Å². The number of nitrogens with zero attached hydrogens (tertiary/aromatic N) is 2. The van der Waals surface area contributed by atoms with Crippen molar-refractivity contribution in [3.05, 3.63) is 30.3 Å². The minimum absolute atomic E-state index is 0.630. The summed E-state index contributed by atoms with van der Waals surface area (Å²) in [6, 6.07) is 11.4. The zero-order valence-corrected chi connectivity index (χ0v) is 14.5. The van der Waals surface area contributed by atoms with Gasteiger partial charge in [0.1, 0.15) is 0 Å². The Hall–Kier alpha value is -1.94. The first kappa shape index (κ1) is 15.9. The molecular weight excluding hydrogens is 288 g/mol. The third kappa shape index (κ3) is 3.22. The van der Waals surface area contributed by atoms with Crippen LogP contribution >= 0.6 is 0 Å². The molecule has 0 unspecified atom stereocenters. The molecule has 124 valence electrons. The Morgan fingerprint density at radius 2 is 1.43 bits per heavy atom. The zero-order valence-electron chi connectivity index (χ0n) is 14.5. The van der Waals surface area contributed by atoms with E-state index in [1.165, 1.54) is 16.5 Å². The first-order chi connectivity index (χ1) is 11.1. The molecule has 0 N–H and O–H groups in total. The molecule has 1 heterocycles. The molecule has 1 saturated heterocycles. The average molecular weight is 314 g/mol. The molecule has 0 bridgehead atoms. The van der Waals surface area contributed by atoms with Crippen molar-refractivity contribution < 1.29 is 9.47 Å². The van der Waals surface area contributed by atoms with Gasteiger partial charge in [-0.25, -0.2) is 0 Å². The Labute approximate surface area is 138 Å². The number of hydrogen-bond donors (Lipinski definition) is 0. The molecule has 23 heavy (non-hydrogen) atoms. The van der Waals surface area contributed by atoms with Gasteiger partial charge in [-0.05, 0) is 48.9 Å². The molecule has 0 aliphatic carbocycles. The van der Waals surface area contributed by atoms with E-state index in [1.54, 1.807) is 14.2 Å². The van der Waals surface area contributed by atoms with Crippen molar-refractivity contribution in [2.24, 2.45) is 0 Å². The van der Waals surface area contributed by atoms with Crippen LogP contribution in [0.5, 0.6) is 11.5 Å². The highest BCUT2D eigenvalue weighted by atomic mass is 16.5. The van der Waals surface area contributed by atoms with Gasteiger partial charge in [0, 0.05) is 37.9 Å². The lowest BCUT2D eigenvalue weighted by Gasteiger charge is -2.38. The van der Waals surface area contributed by atoms with Crippen LogP contribution in [0.1, 0.15) is 13.8 Å². The Morgan fingerprint density at radius 1 is 0.826 bits per heavy atom. The molecule has 4 nitrogen and oxygen atoms in total. The molecule has 0 aromatic heterocycles. The van der Waals surface area contributed by atoms with Crippen molar-refractivity contribution in [1.82, 2.24) is 4.90 Å². The minimum atomic E-state index is 0.630. The summed E-state index contributed by atoms with van der Waals surface area (Å²) in [6.45, 7) is 8.95. The maximum absolute atomic E-state index is 5.42. The Kier molecular flexibility index (Phi) is 4.62. The van der Waals surface area contributed by atoms with Gasteiger partial charge in [0.25, 0.3) is 0 Å². The van der Waals surface area contributed by atoms with Gasteiger partial charge in [-0.2, -0.15) is 0 Å². The van der Waals surface area contributed by atoms with E-state index in [-0.39, 0.29) is 0 Å². The fourth-order valence-corrected chi connectivity index (χ4v) is 3.26. The van der Waals surface area contributed by atoms with Crippen molar-refractivity contribution in [2.45, 2.75) is 19.9 Å². The Balaban J connectivity index is 1.85. The van der Waals surface area contributed by atoms with Gasteiger partial charge in [-0.15, -0.1) is 0 Å². The minimum Gasteiger partial charge on any atom is -0.493 e. The number of anilines is 1. The molecule has 2 aromatic carbocycles. The third-order valence-electron chi connectivity index (χ3n) is 4.74. The fraction of sp³-hybridized carbons (Fsp3) is 0.474. The first-order valence-electron chi connectivity index (χ1n) is 8.27. The summed E-state index contributed by atoms with van der Waals surface area (Å²) in [5.41, 5.74) is 1.29. The van der Waals surface area contributed by atoms with E-state index in [4.69, 9.17) is 9.47 Å². The molecule has 0 spiro atoms. The van der Waals surface area contributed by atoms with Crippen molar-refractivity contribution in [3.8, 4) is 11.5 Å². The van der Waals surface area contributed by atoms with E-state index in [0.717, 1.165) is 37.7 Å². The third-order valence-corrected chi connectivity index (χ3v) is 4.74. The molecule has 0 atom stereocenters. The summed E-state index contributed by atoms with van der Waals surface area (Å²) < 4.78 is 10.8. The summed E-state index contributed by atoms with van der Waals surface area (Å²) in [6.07, 6.45) is 0. The van der Waals surface area contributed by atoms with Crippen molar-refractivity contribution in [1.29, 1.82) is 0 Å². The van der Waals surface area contributed by atoms with Gasteiger partial charge in [0.05, 0.1) is 14.2 Å². The summed E-state index contributed by atoms with van der Waals surface area (Å²) in [4.78, 5) is 5.00. The highest BCUT2D eigenvalue weighted by molar-refractivity contribution is 5.89. The van der Waals surface area contributed by atoms with Crippen molar-refractivity contribution in [3.63, 3.8) is 0 Å². The van der Waals surface area contributed by atoms with Crippen LogP contribution in [0.2, 0.25) is 0 Å². The quantitative estimate of drug-likeness (QED) is 0.864. The van der Waals surface area contributed by atoms with Crippen molar-refractivity contribution >= 4 is 16.5 Å². The number of benzene rings is 2. The molecule has 0 saturated carbocycles. The predicted molar refractivity (Wildman–Crippen MR) is 96.0 cm³/mol. The number of hydrogen-bond acceptors (Lipinski definition) is 4. The lowest BCUT2D eigenvalue weighted by molar-refractivity contribution is 0.209. The van der Waals surface area contributed by atoms with Gasteiger partial charge < -0.3 is 14.4 Å². The second-order valence-corrected chi connectivity index (χ2v) is 6.36. The molecule has 2 aromatic rings. The van der Waals surface area contributed by atoms with Crippen molar-refractivity contribution in [2.75, 3.05) is 45.3 Å². The number of methoxy groups -OCH3 is 2. The Morgan fingerprint density at radius 3 is 2.00 bits per heavy atom. The Bertz CT molecular complexity index is 676. The van der Waals surface area contributed by atoms with E-state index >= 15 is 0 Å². The summed E-state index contributed by atoms with van der Waals surface area (Å²) in [7, 11) is 3.35. The van der Waals surface area contributed by atoms with Crippen LogP contribution < -0.4 is 14.4 Å².